The van der Waals surface area contributed by atoms with Gasteiger partial charge in [0.05, 0.1) is 18.5 Å². The Morgan fingerprint density at radius 3 is 2.65 bits per heavy atom. The highest BCUT2D eigenvalue weighted by atomic mass is 16.5. The Kier molecular flexibility index (Phi) is 4.45. The second kappa shape index (κ2) is 6.09. The summed E-state index contributed by atoms with van der Waals surface area (Å²) in [6.07, 6.45) is 0.134. The maximum atomic E-state index is 10.7. The van der Waals surface area contributed by atoms with Crippen LogP contribution in [0.4, 0.5) is 0 Å². The second-order valence-corrected chi connectivity index (χ2v) is 4.88. The van der Waals surface area contributed by atoms with Crippen molar-refractivity contribution in [2.45, 2.75) is 39.8 Å². The van der Waals surface area contributed by atoms with E-state index in [4.69, 9.17) is 4.74 Å². The lowest BCUT2D eigenvalue weighted by Gasteiger charge is -2.16. The maximum Gasteiger partial charge on any atom is 0.125 e. The molecule has 0 saturated heterocycles. The minimum Gasteiger partial charge on any atom is -0.496 e. The summed E-state index contributed by atoms with van der Waals surface area (Å²) in [5, 5.41) is 15.2. The van der Waals surface area contributed by atoms with Crippen LogP contribution in [0.25, 0.3) is 0 Å². The minimum absolute atomic E-state index is 0.699. The first-order valence-electron chi connectivity index (χ1n) is 6.99. The van der Waals surface area contributed by atoms with Crippen molar-refractivity contribution in [3.63, 3.8) is 0 Å². The molecule has 0 radical (unpaired) electrons. The van der Waals surface area contributed by atoms with Crippen molar-refractivity contribution in [1.82, 2.24) is 9.78 Å². The third kappa shape index (κ3) is 2.70. The predicted octanol–water partition coefficient (Wildman–Crippen LogP) is 2.86. The number of aryl methyl sites for hydroxylation is 3. The van der Waals surface area contributed by atoms with Crippen LogP contribution in [0.3, 0.4) is 0 Å². The van der Waals surface area contributed by atoms with E-state index >= 15 is 0 Å². The lowest BCUT2D eigenvalue weighted by molar-refractivity contribution is 0.203. The van der Waals surface area contributed by atoms with Crippen molar-refractivity contribution < 1.29 is 9.84 Å². The van der Waals surface area contributed by atoms with Crippen LogP contribution in [0, 0.1) is 6.92 Å². The van der Waals surface area contributed by atoms with Gasteiger partial charge in [0.2, 0.25) is 0 Å². The SMILES string of the molecule is CCc1cc(C(O)c2cc(C)ccc2OC)n(CC)n1. The number of methoxy groups -OCH3 is 1. The summed E-state index contributed by atoms with van der Waals surface area (Å²) in [5.41, 5.74) is 3.68. The summed E-state index contributed by atoms with van der Waals surface area (Å²) < 4.78 is 7.21. The summed E-state index contributed by atoms with van der Waals surface area (Å²) in [6, 6.07) is 7.79. The Labute approximate surface area is 120 Å². The van der Waals surface area contributed by atoms with E-state index < -0.39 is 6.10 Å². The molecule has 0 fully saturated rings. The molecule has 0 saturated carbocycles. The summed E-state index contributed by atoms with van der Waals surface area (Å²) in [4.78, 5) is 0. The number of nitrogens with zero attached hydrogens (tertiary/aromatic N) is 2. The molecule has 0 aliphatic heterocycles. The van der Waals surface area contributed by atoms with Crippen LogP contribution < -0.4 is 4.74 Å². The van der Waals surface area contributed by atoms with E-state index in [1.54, 1.807) is 7.11 Å². The fraction of sp³-hybridized carbons (Fsp3) is 0.438. The lowest BCUT2D eigenvalue weighted by Crippen LogP contribution is -2.10. The van der Waals surface area contributed by atoms with Gasteiger partial charge in [-0.3, -0.25) is 4.68 Å². The highest BCUT2D eigenvalue weighted by Crippen LogP contribution is 2.31. The fourth-order valence-electron chi connectivity index (χ4n) is 2.36. The van der Waals surface area contributed by atoms with E-state index in [1.165, 1.54) is 0 Å². The van der Waals surface area contributed by atoms with Gasteiger partial charge in [-0.05, 0) is 38.5 Å². The molecule has 1 N–H and O–H groups in total. The van der Waals surface area contributed by atoms with Crippen molar-refractivity contribution in [2.24, 2.45) is 0 Å². The van der Waals surface area contributed by atoms with Crippen LogP contribution in [-0.4, -0.2) is 22.0 Å². The quantitative estimate of drug-likeness (QED) is 0.912. The summed E-state index contributed by atoms with van der Waals surface area (Å²) in [7, 11) is 1.62. The Morgan fingerprint density at radius 2 is 2.05 bits per heavy atom. The van der Waals surface area contributed by atoms with Crippen molar-refractivity contribution in [2.75, 3.05) is 7.11 Å². The van der Waals surface area contributed by atoms with E-state index in [1.807, 2.05) is 42.8 Å². The third-order valence-corrected chi connectivity index (χ3v) is 3.48. The molecule has 20 heavy (non-hydrogen) atoms. The number of aromatic nitrogens is 2. The van der Waals surface area contributed by atoms with E-state index in [2.05, 4.69) is 12.0 Å². The van der Waals surface area contributed by atoms with Gasteiger partial charge in [0.1, 0.15) is 11.9 Å². The highest BCUT2D eigenvalue weighted by Gasteiger charge is 2.20. The lowest BCUT2D eigenvalue weighted by atomic mass is 10.0. The van der Waals surface area contributed by atoms with Gasteiger partial charge in [0.15, 0.2) is 0 Å². The minimum atomic E-state index is -0.724. The molecule has 0 amide bonds. The molecule has 4 heteroatoms. The van der Waals surface area contributed by atoms with Crippen LogP contribution in [0.5, 0.6) is 5.75 Å². The molecule has 0 aliphatic carbocycles. The van der Waals surface area contributed by atoms with Gasteiger partial charge < -0.3 is 9.84 Å². The van der Waals surface area contributed by atoms with Crippen LogP contribution in [0.15, 0.2) is 24.3 Å². The van der Waals surface area contributed by atoms with Gasteiger partial charge in [0.25, 0.3) is 0 Å². The monoisotopic (exact) mass is 274 g/mol. The number of rotatable bonds is 5. The standard InChI is InChI=1S/C16H22N2O2/c1-5-12-10-14(18(6-2)17-12)16(19)13-9-11(3)7-8-15(13)20-4/h7-10,16,19H,5-6H2,1-4H3. The average molecular weight is 274 g/mol. The number of hydrogen-bond acceptors (Lipinski definition) is 3. The fourth-order valence-corrected chi connectivity index (χ4v) is 2.36. The van der Waals surface area contributed by atoms with E-state index in [-0.39, 0.29) is 0 Å². The second-order valence-electron chi connectivity index (χ2n) is 4.88. The molecule has 1 aromatic carbocycles. The molecule has 108 valence electrons. The van der Waals surface area contributed by atoms with Crippen LogP contribution in [0.2, 0.25) is 0 Å². The van der Waals surface area contributed by atoms with Crippen LogP contribution in [-0.2, 0) is 13.0 Å². The first-order valence-corrected chi connectivity index (χ1v) is 6.99. The Bertz CT molecular complexity index is 590. The average Bonchev–Trinajstić information content (AvgIpc) is 2.89. The molecule has 1 aromatic heterocycles. The van der Waals surface area contributed by atoms with E-state index in [9.17, 15) is 5.11 Å². The smallest absolute Gasteiger partial charge is 0.125 e. The summed E-state index contributed by atoms with van der Waals surface area (Å²) in [5.74, 6) is 0.699. The first kappa shape index (κ1) is 14.6. The number of hydrogen-bond donors (Lipinski definition) is 1. The number of ether oxygens (including phenoxy) is 1. The Balaban J connectivity index is 2.47. The zero-order valence-corrected chi connectivity index (χ0v) is 12.6. The molecule has 1 atom stereocenters. The molecule has 1 heterocycles. The van der Waals surface area contributed by atoms with Crippen LogP contribution in [0.1, 0.15) is 42.5 Å². The predicted molar refractivity (Wildman–Crippen MR) is 79.1 cm³/mol. The number of aliphatic hydroxyl groups is 1. The first-order chi connectivity index (χ1) is 9.60. The normalized spacial score (nSPS) is 12.4. The molecule has 0 bridgehead atoms. The third-order valence-electron chi connectivity index (χ3n) is 3.48. The molecule has 1 unspecified atom stereocenters. The van der Waals surface area contributed by atoms with Gasteiger partial charge in [0, 0.05) is 12.1 Å². The van der Waals surface area contributed by atoms with Gasteiger partial charge in [-0.15, -0.1) is 0 Å². The molecule has 4 nitrogen and oxygen atoms in total. The number of benzene rings is 1. The van der Waals surface area contributed by atoms with Crippen molar-refractivity contribution in [3.05, 3.63) is 46.8 Å². The van der Waals surface area contributed by atoms with E-state index in [0.717, 1.165) is 35.5 Å². The van der Waals surface area contributed by atoms with Gasteiger partial charge in [-0.1, -0.05) is 18.6 Å². The van der Waals surface area contributed by atoms with Gasteiger partial charge >= 0.3 is 0 Å². The largest absolute Gasteiger partial charge is 0.496 e. The summed E-state index contributed by atoms with van der Waals surface area (Å²) >= 11 is 0. The van der Waals surface area contributed by atoms with Crippen molar-refractivity contribution in [3.8, 4) is 5.75 Å². The highest BCUT2D eigenvalue weighted by molar-refractivity contribution is 5.41. The zero-order valence-electron chi connectivity index (χ0n) is 12.6. The van der Waals surface area contributed by atoms with Crippen LogP contribution >= 0.6 is 0 Å². The molecular weight excluding hydrogens is 252 g/mol. The van der Waals surface area contributed by atoms with Crippen molar-refractivity contribution >= 4 is 0 Å². The Morgan fingerprint density at radius 1 is 1.30 bits per heavy atom. The van der Waals surface area contributed by atoms with E-state index in [0.29, 0.717) is 5.75 Å². The topological polar surface area (TPSA) is 47.3 Å². The molecule has 2 rings (SSSR count). The number of aliphatic hydroxyl groups excluding tert-OH is 1. The molecule has 2 aromatic rings. The molecule has 0 aliphatic rings. The maximum absolute atomic E-state index is 10.7. The zero-order chi connectivity index (χ0) is 14.7. The molecular formula is C16H22N2O2. The molecule has 0 spiro atoms. The van der Waals surface area contributed by atoms with Gasteiger partial charge in [-0.25, -0.2) is 0 Å². The summed E-state index contributed by atoms with van der Waals surface area (Å²) in [6.45, 7) is 6.83. The van der Waals surface area contributed by atoms with Gasteiger partial charge in [-0.2, -0.15) is 5.10 Å². The van der Waals surface area contributed by atoms with Crippen molar-refractivity contribution in [1.29, 1.82) is 0 Å². The Hall–Kier alpha value is -1.81.